The van der Waals surface area contributed by atoms with Gasteiger partial charge in [-0.15, -0.1) is 11.3 Å². The Morgan fingerprint density at radius 2 is 1.86 bits per heavy atom. The number of nitrogens with zero attached hydrogens (tertiary/aromatic N) is 1. The summed E-state index contributed by atoms with van der Waals surface area (Å²) in [5.74, 6) is -0.736. The number of carbonyl (C=O) groups excluding carboxylic acids is 1. The fourth-order valence-corrected chi connectivity index (χ4v) is 4.61. The average molecular weight is 417 g/mol. The Hall–Kier alpha value is -2.71. The fraction of sp³-hybridized carbons (Fsp3) is 0.200. The second-order valence-corrected chi connectivity index (χ2v) is 9.19. The number of rotatable bonds is 6. The molecule has 0 spiro atoms. The molecule has 0 fully saturated rings. The zero-order valence-corrected chi connectivity index (χ0v) is 17.4. The molecule has 3 aromatic rings. The number of anilines is 1. The first kappa shape index (κ1) is 20.0. The van der Waals surface area contributed by atoms with E-state index in [1.807, 2.05) is 31.4 Å². The van der Waals surface area contributed by atoms with E-state index in [2.05, 4.69) is 16.4 Å². The van der Waals surface area contributed by atoms with Crippen LogP contribution in [0.3, 0.4) is 0 Å². The number of methoxy groups -OCH3 is 1. The lowest BCUT2D eigenvalue weighted by molar-refractivity contribution is -0.113. The number of aryl methyl sites for hydroxylation is 2. The molecule has 0 atom stereocenters. The van der Waals surface area contributed by atoms with Crippen molar-refractivity contribution < 1.29 is 17.9 Å². The molecule has 2 aromatic carbocycles. The Balaban J connectivity index is 1.70. The van der Waals surface area contributed by atoms with Crippen LogP contribution in [0.5, 0.6) is 5.75 Å². The van der Waals surface area contributed by atoms with Crippen LogP contribution in [0.2, 0.25) is 0 Å². The van der Waals surface area contributed by atoms with Crippen LogP contribution in [0.25, 0.3) is 11.3 Å². The molecule has 1 N–H and O–H groups in total. The summed E-state index contributed by atoms with van der Waals surface area (Å²) < 4.78 is 29.8. The van der Waals surface area contributed by atoms with Crippen LogP contribution in [0.4, 0.5) is 5.13 Å². The van der Waals surface area contributed by atoms with E-state index in [9.17, 15) is 13.2 Å². The standard InChI is InChI=1S/C20H20N2O4S2/c1-13-4-9-17(14(2)10-13)18-11-27-20(21-18)22-19(23)12-28(24,25)16-7-5-15(26-3)6-8-16/h4-11H,12H2,1-3H3,(H,21,22,23). The topological polar surface area (TPSA) is 85.4 Å². The third kappa shape index (κ3) is 4.58. The first-order valence-corrected chi connectivity index (χ1v) is 11.0. The number of ether oxygens (including phenoxy) is 1. The molecule has 1 aromatic heterocycles. The smallest absolute Gasteiger partial charge is 0.241 e. The zero-order valence-electron chi connectivity index (χ0n) is 15.7. The number of sulfone groups is 1. The summed E-state index contributed by atoms with van der Waals surface area (Å²) in [6, 6.07) is 12.0. The molecular weight excluding hydrogens is 396 g/mol. The highest BCUT2D eigenvalue weighted by molar-refractivity contribution is 7.92. The van der Waals surface area contributed by atoms with Crippen molar-refractivity contribution in [1.29, 1.82) is 0 Å². The molecule has 0 saturated heterocycles. The predicted octanol–water partition coefficient (Wildman–Crippen LogP) is 3.85. The van der Waals surface area contributed by atoms with Crippen LogP contribution in [-0.4, -0.2) is 32.2 Å². The second kappa shape index (κ2) is 8.12. The number of hydrogen-bond acceptors (Lipinski definition) is 6. The summed E-state index contributed by atoms with van der Waals surface area (Å²) in [6.45, 7) is 4.02. The summed E-state index contributed by atoms with van der Waals surface area (Å²) >= 11 is 1.26. The second-order valence-electron chi connectivity index (χ2n) is 6.34. The number of aromatic nitrogens is 1. The van der Waals surface area contributed by atoms with Crippen LogP contribution in [-0.2, 0) is 14.6 Å². The first-order valence-electron chi connectivity index (χ1n) is 8.48. The minimum Gasteiger partial charge on any atom is -0.497 e. The summed E-state index contributed by atoms with van der Waals surface area (Å²) in [7, 11) is -2.25. The van der Waals surface area contributed by atoms with Gasteiger partial charge in [-0.05, 0) is 43.7 Å². The van der Waals surface area contributed by atoms with Crippen LogP contribution in [0.15, 0.2) is 52.7 Å². The van der Waals surface area contributed by atoms with E-state index in [0.29, 0.717) is 10.9 Å². The molecule has 1 amide bonds. The highest BCUT2D eigenvalue weighted by Crippen LogP contribution is 2.28. The van der Waals surface area contributed by atoms with Gasteiger partial charge in [0, 0.05) is 10.9 Å². The summed E-state index contributed by atoms with van der Waals surface area (Å²) in [6.07, 6.45) is 0. The summed E-state index contributed by atoms with van der Waals surface area (Å²) in [5, 5.41) is 4.78. The van der Waals surface area contributed by atoms with Crippen LogP contribution < -0.4 is 10.1 Å². The van der Waals surface area contributed by atoms with Crippen molar-refractivity contribution in [2.24, 2.45) is 0 Å². The molecule has 0 aliphatic rings. The van der Waals surface area contributed by atoms with Gasteiger partial charge in [0.1, 0.15) is 11.5 Å². The Labute approximate surface area is 168 Å². The van der Waals surface area contributed by atoms with Crippen LogP contribution >= 0.6 is 11.3 Å². The zero-order chi connectivity index (χ0) is 20.3. The molecule has 0 aliphatic heterocycles. The maximum absolute atomic E-state index is 12.4. The SMILES string of the molecule is COc1ccc(S(=O)(=O)CC(=O)Nc2nc(-c3ccc(C)cc3C)cs2)cc1. The minimum absolute atomic E-state index is 0.0681. The molecule has 3 rings (SSSR count). The molecule has 8 heteroatoms. The van der Waals surface area contributed by atoms with E-state index < -0.39 is 21.5 Å². The van der Waals surface area contributed by atoms with Gasteiger partial charge < -0.3 is 10.1 Å². The Kier molecular flexibility index (Phi) is 5.81. The number of carbonyl (C=O) groups is 1. The highest BCUT2D eigenvalue weighted by atomic mass is 32.2. The van der Waals surface area contributed by atoms with Gasteiger partial charge >= 0.3 is 0 Å². The number of thiazole rings is 1. The van der Waals surface area contributed by atoms with Crippen LogP contribution in [0.1, 0.15) is 11.1 Å². The van der Waals surface area contributed by atoms with Gasteiger partial charge in [-0.2, -0.15) is 0 Å². The maximum atomic E-state index is 12.4. The van der Waals surface area contributed by atoms with E-state index in [4.69, 9.17) is 4.74 Å². The third-order valence-corrected chi connectivity index (χ3v) is 6.54. The third-order valence-electron chi connectivity index (χ3n) is 4.15. The number of hydrogen-bond donors (Lipinski definition) is 1. The van der Waals surface area contributed by atoms with Crippen molar-refractivity contribution in [1.82, 2.24) is 4.98 Å². The van der Waals surface area contributed by atoms with E-state index in [-0.39, 0.29) is 4.90 Å². The lowest BCUT2D eigenvalue weighted by atomic mass is 10.0. The maximum Gasteiger partial charge on any atom is 0.241 e. The Morgan fingerprint density at radius 3 is 2.50 bits per heavy atom. The summed E-state index contributed by atoms with van der Waals surface area (Å²) in [4.78, 5) is 16.7. The number of benzene rings is 2. The van der Waals surface area contributed by atoms with Gasteiger partial charge in [-0.1, -0.05) is 23.8 Å². The van der Waals surface area contributed by atoms with E-state index >= 15 is 0 Å². The molecule has 6 nitrogen and oxygen atoms in total. The fourth-order valence-electron chi connectivity index (χ4n) is 2.75. The molecule has 28 heavy (non-hydrogen) atoms. The molecule has 0 saturated carbocycles. The molecule has 0 bridgehead atoms. The normalized spacial score (nSPS) is 11.2. The predicted molar refractivity (Wildman–Crippen MR) is 111 cm³/mol. The molecule has 0 unspecified atom stereocenters. The Bertz CT molecular complexity index is 1100. The minimum atomic E-state index is -3.75. The molecule has 1 heterocycles. The lowest BCUT2D eigenvalue weighted by Crippen LogP contribution is -2.22. The average Bonchev–Trinajstić information content (AvgIpc) is 3.09. The van der Waals surface area contributed by atoms with Gasteiger partial charge in [-0.3, -0.25) is 4.79 Å². The molecule has 0 aliphatic carbocycles. The van der Waals surface area contributed by atoms with Gasteiger partial charge in [0.05, 0.1) is 17.7 Å². The highest BCUT2D eigenvalue weighted by Gasteiger charge is 2.20. The largest absolute Gasteiger partial charge is 0.497 e. The molecular formula is C20H20N2O4S2. The van der Waals surface area contributed by atoms with Gasteiger partial charge in [-0.25, -0.2) is 13.4 Å². The lowest BCUT2D eigenvalue weighted by Gasteiger charge is -2.06. The van der Waals surface area contributed by atoms with E-state index in [1.165, 1.54) is 30.6 Å². The number of amides is 1. The van der Waals surface area contributed by atoms with E-state index in [0.717, 1.165) is 22.4 Å². The molecule has 0 radical (unpaired) electrons. The van der Waals surface area contributed by atoms with Gasteiger partial charge in [0.25, 0.3) is 0 Å². The van der Waals surface area contributed by atoms with E-state index in [1.54, 1.807) is 12.1 Å². The van der Waals surface area contributed by atoms with Gasteiger partial charge in [0.2, 0.25) is 5.91 Å². The van der Waals surface area contributed by atoms with Crippen LogP contribution in [0, 0.1) is 13.8 Å². The monoisotopic (exact) mass is 416 g/mol. The van der Waals surface area contributed by atoms with Crippen molar-refractivity contribution in [3.63, 3.8) is 0 Å². The van der Waals surface area contributed by atoms with Gasteiger partial charge in [0.15, 0.2) is 15.0 Å². The van der Waals surface area contributed by atoms with Crippen molar-refractivity contribution in [2.75, 3.05) is 18.2 Å². The van der Waals surface area contributed by atoms with Crippen molar-refractivity contribution >= 4 is 32.2 Å². The van der Waals surface area contributed by atoms with Crippen molar-refractivity contribution in [2.45, 2.75) is 18.7 Å². The first-order chi connectivity index (χ1) is 13.3. The number of nitrogens with one attached hydrogen (secondary N) is 1. The molecule has 146 valence electrons. The van der Waals surface area contributed by atoms with Crippen molar-refractivity contribution in [3.8, 4) is 17.0 Å². The Morgan fingerprint density at radius 1 is 1.14 bits per heavy atom. The quantitative estimate of drug-likeness (QED) is 0.660. The van der Waals surface area contributed by atoms with Crippen molar-refractivity contribution in [3.05, 3.63) is 59.0 Å². The summed E-state index contributed by atoms with van der Waals surface area (Å²) in [5.41, 5.74) is 3.98.